The van der Waals surface area contributed by atoms with Crippen LogP contribution in [0.4, 0.5) is 11.4 Å². The lowest BCUT2D eigenvalue weighted by molar-refractivity contribution is -0.116. The molecule has 7 nitrogen and oxygen atoms in total. The Balaban J connectivity index is 2.06. The number of amides is 1. The van der Waals surface area contributed by atoms with Crippen molar-refractivity contribution in [2.24, 2.45) is 0 Å². The summed E-state index contributed by atoms with van der Waals surface area (Å²) >= 11 is 6.04. The number of carbonyl (C=O) groups excluding carboxylic acids is 2. The van der Waals surface area contributed by atoms with Gasteiger partial charge in [0.05, 0.1) is 24.1 Å². The minimum atomic E-state index is -3.55. The molecule has 0 aliphatic heterocycles. The van der Waals surface area contributed by atoms with Gasteiger partial charge in [-0.1, -0.05) is 23.7 Å². The molecule has 31 heavy (non-hydrogen) atoms. The fourth-order valence-electron chi connectivity index (χ4n) is 3.11. The van der Waals surface area contributed by atoms with Gasteiger partial charge < -0.3 is 10.1 Å². The van der Waals surface area contributed by atoms with Crippen LogP contribution in [0.5, 0.6) is 0 Å². The molecule has 1 amide bonds. The highest BCUT2D eigenvalue weighted by atomic mass is 35.5. The number of anilines is 2. The lowest BCUT2D eigenvalue weighted by Crippen LogP contribution is -2.32. The summed E-state index contributed by atoms with van der Waals surface area (Å²) in [7, 11) is -3.55. The molecule has 0 atom stereocenters. The highest BCUT2D eigenvalue weighted by Gasteiger charge is 2.20. The first-order valence-electron chi connectivity index (χ1n) is 9.85. The summed E-state index contributed by atoms with van der Waals surface area (Å²) in [5.74, 6) is -0.725. The third kappa shape index (κ3) is 6.70. The molecule has 0 radical (unpaired) electrons. The van der Waals surface area contributed by atoms with Crippen molar-refractivity contribution < 1.29 is 22.7 Å². The van der Waals surface area contributed by atoms with E-state index >= 15 is 0 Å². The second-order valence-electron chi connectivity index (χ2n) is 7.12. The lowest BCUT2D eigenvalue weighted by atomic mass is 10.1. The number of nitrogens with zero attached hydrogens (tertiary/aromatic N) is 1. The summed E-state index contributed by atoms with van der Waals surface area (Å²) in [6.07, 6.45) is 1.54. The molecule has 0 saturated carbocycles. The summed E-state index contributed by atoms with van der Waals surface area (Å²) in [5.41, 5.74) is 2.78. The highest BCUT2D eigenvalue weighted by Crippen LogP contribution is 2.27. The summed E-state index contributed by atoms with van der Waals surface area (Å²) in [6.45, 7) is 5.65. The maximum absolute atomic E-state index is 12.4. The topological polar surface area (TPSA) is 92.8 Å². The van der Waals surface area contributed by atoms with Gasteiger partial charge in [-0.15, -0.1) is 0 Å². The molecule has 0 saturated heterocycles. The van der Waals surface area contributed by atoms with Gasteiger partial charge in [0.25, 0.3) is 0 Å². The van der Waals surface area contributed by atoms with Gasteiger partial charge in [0, 0.05) is 23.7 Å². The number of rotatable bonds is 9. The molecule has 168 valence electrons. The Kier molecular flexibility index (Phi) is 8.47. The first kappa shape index (κ1) is 24.7. The number of hydrogen-bond donors (Lipinski definition) is 1. The fourth-order valence-corrected chi connectivity index (χ4v) is 4.29. The number of halogens is 1. The molecular formula is C22H27ClN2O5S. The van der Waals surface area contributed by atoms with Crippen LogP contribution in [0, 0.1) is 13.8 Å². The van der Waals surface area contributed by atoms with E-state index in [2.05, 4.69) is 5.32 Å². The second-order valence-corrected chi connectivity index (χ2v) is 9.46. The molecule has 2 aromatic carbocycles. The third-order valence-electron chi connectivity index (χ3n) is 4.71. The number of esters is 1. The zero-order chi connectivity index (χ0) is 23.2. The van der Waals surface area contributed by atoms with Gasteiger partial charge in [-0.2, -0.15) is 0 Å². The lowest BCUT2D eigenvalue weighted by Gasteiger charge is -2.24. The van der Waals surface area contributed by atoms with Gasteiger partial charge >= 0.3 is 5.97 Å². The molecule has 2 aromatic rings. The Morgan fingerprint density at radius 2 is 1.87 bits per heavy atom. The Bertz CT molecular complexity index is 1070. The maximum Gasteiger partial charge on any atom is 0.338 e. The Labute approximate surface area is 188 Å². The Morgan fingerprint density at radius 1 is 1.16 bits per heavy atom. The van der Waals surface area contributed by atoms with E-state index in [1.165, 1.54) is 4.31 Å². The van der Waals surface area contributed by atoms with E-state index < -0.39 is 16.0 Å². The van der Waals surface area contributed by atoms with Crippen molar-refractivity contribution in [2.45, 2.75) is 33.6 Å². The van der Waals surface area contributed by atoms with E-state index in [1.807, 2.05) is 0 Å². The van der Waals surface area contributed by atoms with Crippen LogP contribution in [0.15, 0.2) is 36.4 Å². The van der Waals surface area contributed by atoms with E-state index in [1.54, 1.807) is 57.2 Å². The largest absolute Gasteiger partial charge is 0.462 e. The van der Waals surface area contributed by atoms with Crippen molar-refractivity contribution in [1.82, 2.24) is 0 Å². The van der Waals surface area contributed by atoms with Crippen LogP contribution in [-0.2, 0) is 19.6 Å². The molecule has 0 fully saturated rings. The molecule has 0 aliphatic carbocycles. The molecule has 2 rings (SSSR count). The molecule has 0 aromatic heterocycles. The van der Waals surface area contributed by atoms with Crippen molar-refractivity contribution in [3.8, 4) is 0 Å². The van der Waals surface area contributed by atoms with Gasteiger partial charge in [0.15, 0.2) is 0 Å². The van der Waals surface area contributed by atoms with Crippen molar-refractivity contribution in [3.05, 3.63) is 58.1 Å². The zero-order valence-electron chi connectivity index (χ0n) is 18.1. The van der Waals surface area contributed by atoms with E-state index in [0.29, 0.717) is 33.9 Å². The molecule has 9 heteroatoms. The summed E-state index contributed by atoms with van der Waals surface area (Å²) in [4.78, 5) is 24.5. The number of ether oxygens (including phenoxy) is 1. The van der Waals surface area contributed by atoms with Crippen LogP contribution in [-0.4, -0.2) is 39.7 Å². The summed E-state index contributed by atoms with van der Waals surface area (Å²) in [6, 6.07) is 10.1. The monoisotopic (exact) mass is 466 g/mol. The number of carbonyl (C=O) groups is 2. The number of benzene rings is 2. The van der Waals surface area contributed by atoms with Gasteiger partial charge in [-0.25, -0.2) is 13.2 Å². The Morgan fingerprint density at radius 3 is 2.52 bits per heavy atom. The average molecular weight is 467 g/mol. The molecule has 0 spiro atoms. The molecular weight excluding hydrogens is 440 g/mol. The van der Waals surface area contributed by atoms with Crippen LogP contribution in [0.2, 0.25) is 5.02 Å². The summed E-state index contributed by atoms with van der Waals surface area (Å²) in [5, 5.41) is 3.22. The van der Waals surface area contributed by atoms with Crippen LogP contribution >= 0.6 is 11.6 Å². The van der Waals surface area contributed by atoms with Gasteiger partial charge in [0.1, 0.15) is 0 Å². The number of hydrogen-bond acceptors (Lipinski definition) is 5. The van der Waals surface area contributed by atoms with Crippen LogP contribution in [0.25, 0.3) is 0 Å². The number of sulfonamides is 1. The summed E-state index contributed by atoms with van der Waals surface area (Å²) < 4.78 is 30.9. The van der Waals surface area contributed by atoms with Gasteiger partial charge in [-0.05, 0) is 62.6 Å². The number of nitrogens with one attached hydrogen (secondary N) is 1. The normalized spacial score (nSPS) is 11.1. The van der Waals surface area contributed by atoms with Crippen LogP contribution in [0.3, 0.4) is 0 Å². The van der Waals surface area contributed by atoms with Crippen molar-refractivity contribution in [2.75, 3.05) is 29.0 Å². The van der Waals surface area contributed by atoms with E-state index in [4.69, 9.17) is 16.3 Å². The minimum absolute atomic E-state index is 0.106. The smallest absolute Gasteiger partial charge is 0.338 e. The molecule has 0 unspecified atom stereocenters. The van der Waals surface area contributed by atoms with E-state index in [0.717, 1.165) is 11.8 Å². The maximum atomic E-state index is 12.4. The standard InChI is InChI=1S/C22H27ClN2O5S/c1-5-30-22(27)18-8-6-9-19(16(18)3)24-21(26)10-7-13-25(31(4,28)29)20-14-17(23)12-11-15(20)2/h6,8-9,11-12,14H,5,7,10,13H2,1-4H3,(H,24,26). The third-order valence-corrected chi connectivity index (χ3v) is 6.12. The first-order chi connectivity index (χ1) is 14.5. The van der Waals surface area contributed by atoms with Gasteiger partial charge in [-0.3, -0.25) is 9.10 Å². The quantitative estimate of drug-likeness (QED) is 0.555. The van der Waals surface area contributed by atoms with Crippen molar-refractivity contribution >= 4 is 44.9 Å². The Hall–Kier alpha value is -2.58. The minimum Gasteiger partial charge on any atom is -0.462 e. The van der Waals surface area contributed by atoms with E-state index in [-0.39, 0.29) is 25.5 Å². The van der Waals surface area contributed by atoms with Crippen LogP contribution < -0.4 is 9.62 Å². The predicted octanol–water partition coefficient (Wildman–Crippen LogP) is 4.32. The van der Waals surface area contributed by atoms with Crippen LogP contribution in [0.1, 0.15) is 41.3 Å². The molecule has 0 bridgehead atoms. The average Bonchev–Trinajstić information content (AvgIpc) is 2.68. The fraction of sp³-hybridized carbons (Fsp3) is 0.364. The van der Waals surface area contributed by atoms with Gasteiger partial charge in [0.2, 0.25) is 15.9 Å². The number of aryl methyl sites for hydroxylation is 1. The first-order valence-corrected chi connectivity index (χ1v) is 12.1. The molecule has 0 heterocycles. The van der Waals surface area contributed by atoms with Crippen molar-refractivity contribution in [3.63, 3.8) is 0 Å². The SMILES string of the molecule is CCOC(=O)c1cccc(NC(=O)CCCN(c2cc(Cl)ccc2C)S(C)(=O)=O)c1C. The second kappa shape index (κ2) is 10.6. The molecule has 0 aliphatic rings. The highest BCUT2D eigenvalue weighted by molar-refractivity contribution is 7.92. The van der Waals surface area contributed by atoms with E-state index in [9.17, 15) is 18.0 Å². The van der Waals surface area contributed by atoms with Crippen molar-refractivity contribution in [1.29, 1.82) is 0 Å². The predicted molar refractivity (Wildman–Crippen MR) is 123 cm³/mol. The zero-order valence-corrected chi connectivity index (χ0v) is 19.6. The molecule has 1 N–H and O–H groups in total.